The van der Waals surface area contributed by atoms with E-state index in [4.69, 9.17) is 9.47 Å². The minimum absolute atomic E-state index is 0.178. The van der Waals surface area contributed by atoms with Crippen molar-refractivity contribution >= 4 is 17.0 Å². The molecule has 0 saturated heterocycles. The molecule has 0 fully saturated rings. The van der Waals surface area contributed by atoms with Gasteiger partial charge < -0.3 is 9.47 Å². The average molecular weight is 298 g/mol. The maximum Gasteiger partial charge on any atom is 0.349 e. The third-order valence-electron chi connectivity index (χ3n) is 3.05. The fourth-order valence-electron chi connectivity index (χ4n) is 2.05. The molecule has 0 amide bonds. The number of nitrogens with zero attached hydrogens (tertiary/aromatic N) is 2. The molecule has 1 heterocycles. The molecule has 2 aromatic carbocycles. The first kappa shape index (κ1) is 13.9. The molecule has 0 bridgehead atoms. The number of ether oxygens (including phenoxy) is 2. The summed E-state index contributed by atoms with van der Waals surface area (Å²) in [5.74, 6) is -0.488. The van der Waals surface area contributed by atoms with Gasteiger partial charge in [-0.05, 0) is 36.4 Å². The molecule has 0 saturated carbocycles. The van der Waals surface area contributed by atoms with Crippen molar-refractivity contribution < 1.29 is 18.7 Å². The van der Waals surface area contributed by atoms with Crippen LogP contribution in [0.4, 0.5) is 4.39 Å². The van der Waals surface area contributed by atoms with E-state index in [1.165, 1.54) is 43.8 Å². The van der Waals surface area contributed by atoms with Gasteiger partial charge in [-0.25, -0.2) is 9.18 Å². The zero-order valence-electron chi connectivity index (χ0n) is 11.6. The molecule has 0 radical (unpaired) electrons. The molecule has 0 unspecified atom stereocenters. The number of methoxy groups -OCH3 is 1. The van der Waals surface area contributed by atoms with Gasteiger partial charge >= 0.3 is 5.97 Å². The van der Waals surface area contributed by atoms with Gasteiger partial charge in [0.05, 0.1) is 12.6 Å². The Labute approximate surface area is 125 Å². The van der Waals surface area contributed by atoms with E-state index in [2.05, 4.69) is 9.97 Å². The van der Waals surface area contributed by atoms with Gasteiger partial charge in [-0.3, -0.25) is 9.97 Å². The zero-order valence-corrected chi connectivity index (χ0v) is 11.6. The molecule has 1 aromatic heterocycles. The lowest BCUT2D eigenvalue weighted by molar-refractivity contribution is 0.0733. The van der Waals surface area contributed by atoms with Crippen molar-refractivity contribution in [2.75, 3.05) is 7.11 Å². The van der Waals surface area contributed by atoms with E-state index >= 15 is 0 Å². The molecule has 0 N–H and O–H groups in total. The quantitative estimate of drug-likeness (QED) is 0.549. The molecule has 0 aliphatic heterocycles. The van der Waals surface area contributed by atoms with Crippen LogP contribution in [0.2, 0.25) is 0 Å². The number of rotatable bonds is 3. The smallest absolute Gasteiger partial charge is 0.349 e. The Morgan fingerprint density at radius 1 is 1.05 bits per heavy atom. The van der Waals surface area contributed by atoms with E-state index in [0.717, 1.165) is 0 Å². The van der Waals surface area contributed by atoms with Crippen LogP contribution in [0.15, 0.2) is 48.8 Å². The second kappa shape index (κ2) is 5.77. The van der Waals surface area contributed by atoms with Gasteiger partial charge in [0.25, 0.3) is 0 Å². The Morgan fingerprint density at radius 3 is 2.50 bits per heavy atom. The maximum absolute atomic E-state index is 12.9. The van der Waals surface area contributed by atoms with Gasteiger partial charge in [0.15, 0.2) is 0 Å². The largest absolute Gasteiger partial charge is 0.496 e. The van der Waals surface area contributed by atoms with Crippen LogP contribution in [0.5, 0.6) is 11.5 Å². The van der Waals surface area contributed by atoms with Gasteiger partial charge in [-0.15, -0.1) is 0 Å². The van der Waals surface area contributed by atoms with Crippen LogP contribution < -0.4 is 9.47 Å². The summed E-state index contributed by atoms with van der Waals surface area (Å²) in [6.07, 6.45) is 3.01. The minimum atomic E-state index is -0.644. The van der Waals surface area contributed by atoms with Gasteiger partial charge in [0.2, 0.25) is 0 Å². The van der Waals surface area contributed by atoms with Crippen molar-refractivity contribution in [1.29, 1.82) is 0 Å². The number of fused-ring (bicyclic) bond motifs is 1. The van der Waals surface area contributed by atoms with Crippen molar-refractivity contribution in [3.63, 3.8) is 0 Å². The molecule has 0 aliphatic rings. The minimum Gasteiger partial charge on any atom is -0.496 e. The normalized spacial score (nSPS) is 10.5. The zero-order chi connectivity index (χ0) is 15.5. The predicted octanol–water partition coefficient (Wildman–Crippen LogP) is 3.00. The summed E-state index contributed by atoms with van der Waals surface area (Å²) in [6.45, 7) is 0. The number of hydrogen-bond donors (Lipinski definition) is 0. The van der Waals surface area contributed by atoms with E-state index in [0.29, 0.717) is 16.8 Å². The molecule has 0 atom stereocenters. The van der Waals surface area contributed by atoms with Crippen LogP contribution in [-0.4, -0.2) is 23.0 Å². The molecule has 110 valence electrons. The van der Waals surface area contributed by atoms with Crippen LogP contribution in [-0.2, 0) is 0 Å². The Hall–Kier alpha value is -3.02. The lowest BCUT2D eigenvalue weighted by Crippen LogP contribution is -2.11. The van der Waals surface area contributed by atoms with Crippen molar-refractivity contribution in [3.8, 4) is 11.5 Å². The molecule has 0 spiro atoms. The van der Waals surface area contributed by atoms with E-state index in [1.807, 2.05) is 0 Å². The van der Waals surface area contributed by atoms with E-state index in [-0.39, 0.29) is 11.3 Å². The lowest BCUT2D eigenvalue weighted by Gasteiger charge is -2.10. The number of esters is 1. The molecular weight excluding hydrogens is 287 g/mol. The van der Waals surface area contributed by atoms with E-state index < -0.39 is 11.8 Å². The second-order valence-corrected chi connectivity index (χ2v) is 4.41. The van der Waals surface area contributed by atoms with Crippen molar-refractivity contribution in [3.05, 3.63) is 60.2 Å². The van der Waals surface area contributed by atoms with Crippen LogP contribution in [0.25, 0.3) is 11.0 Å². The first-order valence-electron chi connectivity index (χ1n) is 6.44. The van der Waals surface area contributed by atoms with Crippen LogP contribution >= 0.6 is 0 Å². The molecule has 6 heteroatoms. The third kappa shape index (κ3) is 2.58. The van der Waals surface area contributed by atoms with E-state index in [1.54, 1.807) is 12.1 Å². The number of halogens is 1. The van der Waals surface area contributed by atoms with Gasteiger partial charge in [-0.1, -0.05) is 0 Å². The number of carbonyl (C=O) groups is 1. The van der Waals surface area contributed by atoms with Gasteiger partial charge in [-0.2, -0.15) is 0 Å². The summed E-state index contributed by atoms with van der Waals surface area (Å²) in [7, 11) is 1.45. The predicted molar refractivity (Wildman–Crippen MR) is 77.4 cm³/mol. The highest BCUT2D eigenvalue weighted by molar-refractivity contribution is 6.05. The summed E-state index contributed by atoms with van der Waals surface area (Å²) < 4.78 is 23.4. The van der Waals surface area contributed by atoms with Crippen LogP contribution in [0.1, 0.15) is 10.4 Å². The summed E-state index contributed by atoms with van der Waals surface area (Å²) in [5.41, 5.74) is 1.11. The first-order valence-corrected chi connectivity index (χ1v) is 6.44. The lowest BCUT2D eigenvalue weighted by atomic mass is 10.1. The second-order valence-electron chi connectivity index (χ2n) is 4.41. The fraction of sp³-hybridized carbons (Fsp3) is 0.0625. The topological polar surface area (TPSA) is 61.3 Å². The summed E-state index contributed by atoms with van der Waals surface area (Å²) in [4.78, 5) is 20.7. The summed E-state index contributed by atoms with van der Waals surface area (Å²) in [6, 6.07) is 8.49. The molecule has 3 rings (SSSR count). The first-order chi connectivity index (χ1) is 10.7. The highest BCUT2D eigenvalue weighted by Gasteiger charge is 2.20. The van der Waals surface area contributed by atoms with Gasteiger partial charge in [0.1, 0.15) is 28.4 Å². The van der Waals surface area contributed by atoms with Crippen molar-refractivity contribution in [2.24, 2.45) is 0 Å². The maximum atomic E-state index is 12.9. The molecule has 22 heavy (non-hydrogen) atoms. The standard InChI is InChI=1S/C16H11FN2O3/c1-21-13-7-6-12-15(19-9-8-18-12)14(13)16(20)22-11-4-2-10(17)3-5-11/h2-9H,1H3. The third-order valence-corrected chi connectivity index (χ3v) is 3.05. The highest BCUT2D eigenvalue weighted by atomic mass is 19.1. The van der Waals surface area contributed by atoms with Crippen molar-refractivity contribution in [1.82, 2.24) is 9.97 Å². The number of benzene rings is 2. The summed E-state index contributed by atoms with van der Waals surface area (Å²) in [5, 5.41) is 0. The molecular formula is C16H11FN2O3. The number of aromatic nitrogens is 2. The highest BCUT2D eigenvalue weighted by Crippen LogP contribution is 2.27. The molecule has 0 aliphatic carbocycles. The molecule has 5 nitrogen and oxygen atoms in total. The van der Waals surface area contributed by atoms with E-state index in [9.17, 15) is 9.18 Å². The Bertz CT molecular complexity index is 834. The number of hydrogen-bond acceptors (Lipinski definition) is 5. The fourth-order valence-corrected chi connectivity index (χ4v) is 2.05. The monoisotopic (exact) mass is 298 g/mol. The Balaban J connectivity index is 2.04. The Kier molecular flexibility index (Phi) is 3.65. The van der Waals surface area contributed by atoms with Crippen LogP contribution in [0.3, 0.4) is 0 Å². The Morgan fingerprint density at radius 2 is 1.77 bits per heavy atom. The molecule has 3 aromatic rings. The summed E-state index contributed by atoms with van der Waals surface area (Å²) >= 11 is 0. The van der Waals surface area contributed by atoms with Crippen molar-refractivity contribution in [2.45, 2.75) is 0 Å². The number of carbonyl (C=O) groups excluding carboxylic acids is 1. The average Bonchev–Trinajstić information content (AvgIpc) is 2.55. The van der Waals surface area contributed by atoms with Crippen LogP contribution in [0, 0.1) is 5.82 Å². The SMILES string of the molecule is COc1ccc2nccnc2c1C(=O)Oc1ccc(F)cc1. The van der Waals surface area contributed by atoms with Gasteiger partial charge in [0, 0.05) is 12.4 Å².